The number of benzene rings is 6. The fourth-order valence-electron chi connectivity index (χ4n) is 6.05. The monoisotopic (exact) mass is 718 g/mol. The number of imidazole rings is 2. The fourth-order valence-corrected chi connectivity index (χ4v) is 6.05. The van der Waals surface area contributed by atoms with Crippen molar-refractivity contribution in [3.8, 4) is 28.5 Å². The van der Waals surface area contributed by atoms with Crippen LogP contribution in [0.2, 0.25) is 0 Å². The van der Waals surface area contributed by atoms with Crippen molar-refractivity contribution in [1.29, 1.82) is 0 Å². The number of amides is 2. The van der Waals surface area contributed by atoms with Crippen molar-refractivity contribution in [2.75, 3.05) is 17.7 Å². The van der Waals surface area contributed by atoms with E-state index in [2.05, 4.69) is 10.6 Å². The molecular formula is C45H46N6O3. The molecule has 0 bridgehead atoms. The molecule has 0 radical (unpaired) electrons. The number of rotatable bonds is 7. The molecule has 2 heterocycles. The fraction of sp³-hybridized carbons (Fsp3) is 0.111. The van der Waals surface area contributed by atoms with Crippen LogP contribution >= 0.6 is 0 Å². The van der Waals surface area contributed by atoms with Gasteiger partial charge in [0.1, 0.15) is 17.4 Å². The first-order chi connectivity index (χ1) is 26.4. The average Bonchev–Trinajstić information content (AvgIpc) is 3.74. The minimum absolute atomic E-state index is 0. The lowest BCUT2D eigenvalue weighted by Gasteiger charge is -2.09. The Morgan fingerprint density at radius 2 is 0.981 bits per heavy atom. The number of nitrogens with one attached hydrogen (secondary N) is 2. The summed E-state index contributed by atoms with van der Waals surface area (Å²) in [5.41, 5.74) is 8.42. The van der Waals surface area contributed by atoms with Gasteiger partial charge in [0.05, 0.1) is 34.7 Å². The molecule has 9 heteroatoms. The molecule has 2 aromatic heterocycles. The second-order valence-electron chi connectivity index (χ2n) is 12.1. The van der Waals surface area contributed by atoms with Crippen molar-refractivity contribution in [2.45, 2.75) is 13.8 Å². The molecule has 6 aromatic carbocycles. The number of ether oxygens (including phenoxy) is 1. The molecule has 2 N–H and O–H groups in total. The van der Waals surface area contributed by atoms with Crippen LogP contribution in [0, 0.1) is 0 Å². The number of methoxy groups -OCH3 is 1. The Labute approximate surface area is 317 Å². The summed E-state index contributed by atoms with van der Waals surface area (Å²) in [6.45, 7) is 4.00. The predicted molar refractivity (Wildman–Crippen MR) is 223 cm³/mol. The molecule has 2 amide bonds. The van der Waals surface area contributed by atoms with Gasteiger partial charge in [-0.15, -0.1) is 0 Å². The zero-order valence-corrected chi connectivity index (χ0v) is 30.9. The van der Waals surface area contributed by atoms with Crippen LogP contribution in [0.4, 0.5) is 11.4 Å². The number of fused-ring (bicyclic) bond motifs is 2. The summed E-state index contributed by atoms with van der Waals surface area (Å²) in [7, 11) is 5.52. The summed E-state index contributed by atoms with van der Waals surface area (Å²) >= 11 is 0. The maximum absolute atomic E-state index is 12.6. The van der Waals surface area contributed by atoms with Gasteiger partial charge in [0, 0.05) is 45.0 Å². The summed E-state index contributed by atoms with van der Waals surface area (Å²) in [4.78, 5) is 34.4. The van der Waals surface area contributed by atoms with Gasteiger partial charge >= 0.3 is 0 Å². The van der Waals surface area contributed by atoms with Gasteiger partial charge in [0.25, 0.3) is 11.8 Å². The number of carbonyl (C=O) groups is 2. The molecule has 54 heavy (non-hydrogen) atoms. The summed E-state index contributed by atoms with van der Waals surface area (Å²) < 4.78 is 9.35. The number of aryl methyl sites for hydroxylation is 2. The van der Waals surface area contributed by atoms with Crippen LogP contribution in [0.5, 0.6) is 5.75 Å². The lowest BCUT2D eigenvalue weighted by atomic mass is 10.2. The van der Waals surface area contributed by atoms with Crippen molar-refractivity contribution in [3.05, 3.63) is 163 Å². The van der Waals surface area contributed by atoms with Crippen LogP contribution in [-0.2, 0) is 14.1 Å². The first kappa shape index (κ1) is 36.8. The Bertz CT molecular complexity index is 2520. The van der Waals surface area contributed by atoms with Gasteiger partial charge in [0.2, 0.25) is 0 Å². The third kappa shape index (κ3) is 8.05. The zero-order valence-electron chi connectivity index (χ0n) is 30.9. The Kier molecular flexibility index (Phi) is 11.6. The smallest absolute Gasteiger partial charge is 0.259 e. The molecule has 0 saturated carbocycles. The number of para-hydroxylation sites is 1. The third-order valence-corrected chi connectivity index (χ3v) is 8.73. The molecule has 8 aromatic rings. The van der Waals surface area contributed by atoms with Crippen LogP contribution in [0.3, 0.4) is 0 Å². The highest BCUT2D eigenvalue weighted by Gasteiger charge is 2.15. The van der Waals surface area contributed by atoms with Crippen molar-refractivity contribution < 1.29 is 17.2 Å². The Morgan fingerprint density at radius 3 is 1.46 bits per heavy atom. The quantitative estimate of drug-likeness (QED) is 0.171. The zero-order chi connectivity index (χ0) is 38.0. The number of carbonyl (C=O) groups excluding carboxylic acids is 2. The van der Waals surface area contributed by atoms with Gasteiger partial charge in [-0.05, 0) is 60.7 Å². The van der Waals surface area contributed by atoms with Gasteiger partial charge in [-0.1, -0.05) is 105 Å². The van der Waals surface area contributed by atoms with Crippen LogP contribution in [0.15, 0.2) is 152 Å². The van der Waals surface area contributed by atoms with Crippen molar-refractivity contribution in [2.24, 2.45) is 14.1 Å². The Morgan fingerprint density at radius 1 is 0.556 bits per heavy atom. The molecule has 0 spiro atoms. The molecule has 274 valence electrons. The van der Waals surface area contributed by atoms with Gasteiger partial charge in [0.15, 0.2) is 0 Å². The van der Waals surface area contributed by atoms with Gasteiger partial charge in [-0.25, -0.2) is 9.97 Å². The van der Waals surface area contributed by atoms with E-state index >= 15 is 0 Å². The highest BCUT2D eigenvalue weighted by molar-refractivity contribution is 6.07. The SMILES string of the molecule is CC.COc1ccccc1C(=O)Nc1ccc2nc(-c3ccccc3)n(C)c2c1.Cn1c(-c2ccccc2)nc2ccc(NC(=O)c3ccccc3)cc21.[HH].[HH]. The summed E-state index contributed by atoms with van der Waals surface area (Å²) in [6.07, 6.45) is 0. The van der Waals surface area contributed by atoms with E-state index in [0.717, 1.165) is 50.5 Å². The van der Waals surface area contributed by atoms with Crippen molar-refractivity contribution in [1.82, 2.24) is 19.1 Å². The van der Waals surface area contributed by atoms with Crippen LogP contribution < -0.4 is 15.4 Å². The Balaban J connectivity index is 0.000000231. The summed E-state index contributed by atoms with van der Waals surface area (Å²) in [6, 6.07) is 47.9. The van der Waals surface area contributed by atoms with Crippen LogP contribution in [-0.4, -0.2) is 38.0 Å². The molecule has 0 atom stereocenters. The van der Waals surface area contributed by atoms with E-state index in [1.807, 2.05) is 164 Å². The first-order valence-corrected chi connectivity index (χ1v) is 17.7. The molecule has 0 fully saturated rings. The molecule has 0 aliphatic rings. The number of hydrogen-bond donors (Lipinski definition) is 2. The van der Waals surface area contributed by atoms with Gasteiger partial charge in [-0.3, -0.25) is 9.59 Å². The van der Waals surface area contributed by atoms with E-state index in [0.29, 0.717) is 22.6 Å². The molecule has 0 unspecified atom stereocenters. The first-order valence-electron chi connectivity index (χ1n) is 17.7. The van der Waals surface area contributed by atoms with Crippen molar-refractivity contribution >= 4 is 45.3 Å². The lowest BCUT2D eigenvalue weighted by Crippen LogP contribution is -2.13. The van der Waals surface area contributed by atoms with E-state index in [-0.39, 0.29) is 14.7 Å². The normalized spacial score (nSPS) is 10.5. The second-order valence-corrected chi connectivity index (χ2v) is 12.1. The summed E-state index contributed by atoms with van der Waals surface area (Å²) in [5, 5.41) is 5.89. The summed E-state index contributed by atoms with van der Waals surface area (Å²) in [5.74, 6) is 2.01. The second kappa shape index (κ2) is 17.0. The predicted octanol–water partition coefficient (Wildman–Crippen LogP) is 10.5. The number of nitrogens with zero attached hydrogens (tertiary/aromatic N) is 4. The highest BCUT2D eigenvalue weighted by Crippen LogP contribution is 2.28. The number of anilines is 2. The third-order valence-electron chi connectivity index (χ3n) is 8.73. The number of aromatic nitrogens is 4. The standard InChI is InChI=1S/C22H19N3O2.C21H17N3O.C2H6.2H2/c1-25-19-14-16(23-22(26)17-10-6-7-11-20(17)27-2)12-13-18(19)24-21(25)15-8-4-3-5-9-15;1-24-19-14-17(22-21(25)16-10-6-3-7-11-16)12-13-18(19)23-20(24)15-8-4-2-5-9-15;1-2;;/h3-14H,1-2H3,(H,23,26);2-14H,1H3,(H,22,25);1-2H3;2*1H. The molecule has 0 saturated heterocycles. The average molecular weight is 719 g/mol. The Hall–Kier alpha value is -7.00. The van der Waals surface area contributed by atoms with E-state index < -0.39 is 0 Å². The highest BCUT2D eigenvalue weighted by atomic mass is 16.5. The molecule has 0 aliphatic heterocycles. The molecule has 0 aliphatic carbocycles. The topological polar surface area (TPSA) is 103 Å². The van der Waals surface area contributed by atoms with Crippen LogP contribution in [0.1, 0.15) is 37.4 Å². The maximum atomic E-state index is 12.6. The van der Waals surface area contributed by atoms with E-state index in [9.17, 15) is 9.59 Å². The molecular weight excluding hydrogens is 673 g/mol. The van der Waals surface area contributed by atoms with Crippen molar-refractivity contribution in [3.63, 3.8) is 0 Å². The maximum Gasteiger partial charge on any atom is 0.259 e. The number of hydrogen-bond acceptors (Lipinski definition) is 5. The molecule has 8 rings (SSSR count). The largest absolute Gasteiger partial charge is 0.496 e. The minimum Gasteiger partial charge on any atom is -0.496 e. The lowest BCUT2D eigenvalue weighted by molar-refractivity contribution is 0.101. The molecule has 9 nitrogen and oxygen atoms in total. The minimum atomic E-state index is -0.211. The van der Waals surface area contributed by atoms with E-state index in [1.54, 1.807) is 31.4 Å². The van der Waals surface area contributed by atoms with Gasteiger partial charge < -0.3 is 24.5 Å². The van der Waals surface area contributed by atoms with E-state index in [4.69, 9.17) is 14.7 Å². The van der Waals surface area contributed by atoms with Crippen LogP contribution in [0.25, 0.3) is 44.8 Å². The van der Waals surface area contributed by atoms with Gasteiger partial charge in [-0.2, -0.15) is 0 Å². The van der Waals surface area contributed by atoms with E-state index in [1.165, 1.54) is 0 Å².